The van der Waals surface area contributed by atoms with Gasteiger partial charge in [-0.25, -0.2) is 13.6 Å². The van der Waals surface area contributed by atoms with Crippen LogP contribution in [-0.4, -0.2) is 11.1 Å². The molecular weight excluding hydrogens is 310 g/mol. The van der Waals surface area contributed by atoms with E-state index in [0.717, 1.165) is 12.0 Å². The number of carboxylic acids is 1. The number of rotatable bonds is 6. The van der Waals surface area contributed by atoms with Crippen LogP contribution in [-0.2, 0) is 6.42 Å². The Kier molecular flexibility index (Phi) is 5.85. The second-order valence-electron chi connectivity index (χ2n) is 5.58. The first-order chi connectivity index (χ1) is 11.5. The van der Waals surface area contributed by atoms with E-state index in [4.69, 9.17) is 0 Å². The Labute approximate surface area is 140 Å². The molecule has 2 nitrogen and oxygen atoms in total. The van der Waals surface area contributed by atoms with E-state index in [1.807, 2.05) is 13.0 Å². The van der Waals surface area contributed by atoms with Crippen molar-refractivity contribution in [3.05, 3.63) is 65.0 Å². The van der Waals surface area contributed by atoms with Crippen LogP contribution in [0.25, 0.3) is 17.0 Å². The maximum Gasteiger partial charge on any atom is 0.336 e. The van der Waals surface area contributed by atoms with E-state index in [1.165, 1.54) is 12.1 Å². The van der Waals surface area contributed by atoms with Crippen LogP contribution in [0.2, 0.25) is 0 Å². The monoisotopic (exact) mass is 330 g/mol. The van der Waals surface area contributed by atoms with Crippen LogP contribution in [0.1, 0.15) is 48.2 Å². The molecule has 2 aromatic carbocycles. The molecule has 0 fully saturated rings. The van der Waals surface area contributed by atoms with Crippen molar-refractivity contribution in [1.29, 1.82) is 0 Å². The van der Waals surface area contributed by atoms with Gasteiger partial charge in [0.05, 0.1) is 5.56 Å². The van der Waals surface area contributed by atoms with Gasteiger partial charge in [-0.1, -0.05) is 50.2 Å². The van der Waals surface area contributed by atoms with Crippen LogP contribution in [0.5, 0.6) is 0 Å². The summed E-state index contributed by atoms with van der Waals surface area (Å²) in [5.74, 6) is -2.63. The van der Waals surface area contributed by atoms with Gasteiger partial charge in [0, 0.05) is 12.0 Å². The van der Waals surface area contributed by atoms with Crippen LogP contribution in [0.3, 0.4) is 0 Å². The molecule has 0 aliphatic carbocycles. The van der Waals surface area contributed by atoms with Crippen LogP contribution in [0.15, 0.2) is 48.3 Å². The standard InChI is InChI=1S/C20H20F2O2/c1-3-5-18(21)19(22)15-9-7-14(8-10-15)17-12-13(4-2)6-11-16(17)20(23)24/h6-12H,3-5H2,1-2H3,(H,23,24)/b19-18+. The Morgan fingerprint density at radius 3 is 2.25 bits per heavy atom. The zero-order chi connectivity index (χ0) is 17.7. The van der Waals surface area contributed by atoms with Crippen LogP contribution < -0.4 is 0 Å². The third-order valence-electron chi connectivity index (χ3n) is 3.88. The number of hydrogen-bond acceptors (Lipinski definition) is 1. The van der Waals surface area contributed by atoms with Gasteiger partial charge in [-0.05, 0) is 35.6 Å². The highest BCUT2D eigenvalue weighted by atomic mass is 19.2. The van der Waals surface area contributed by atoms with E-state index in [0.29, 0.717) is 17.5 Å². The summed E-state index contributed by atoms with van der Waals surface area (Å²) < 4.78 is 27.6. The molecule has 0 saturated carbocycles. The molecule has 0 aromatic heterocycles. The number of halogens is 2. The Morgan fingerprint density at radius 2 is 1.71 bits per heavy atom. The topological polar surface area (TPSA) is 37.3 Å². The summed E-state index contributed by atoms with van der Waals surface area (Å²) >= 11 is 0. The number of benzene rings is 2. The molecule has 0 heterocycles. The van der Waals surface area contributed by atoms with E-state index in [1.54, 1.807) is 31.2 Å². The van der Waals surface area contributed by atoms with Gasteiger partial charge in [0.1, 0.15) is 5.83 Å². The quantitative estimate of drug-likeness (QED) is 0.703. The van der Waals surface area contributed by atoms with Crippen LogP contribution in [0, 0.1) is 0 Å². The van der Waals surface area contributed by atoms with Gasteiger partial charge in [-0.2, -0.15) is 0 Å². The van der Waals surface area contributed by atoms with Crippen LogP contribution in [0.4, 0.5) is 8.78 Å². The number of aromatic carboxylic acids is 1. The molecule has 0 aliphatic heterocycles. The number of allylic oxidation sites excluding steroid dienone is 1. The van der Waals surface area contributed by atoms with Gasteiger partial charge in [0.2, 0.25) is 0 Å². The van der Waals surface area contributed by atoms with Crippen LogP contribution >= 0.6 is 0 Å². The minimum atomic E-state index is -1.02. The van der Waals surface area contributed by atoms with Gasteiger partial charge < -0.3 is 5.11 Å². The molecule has 0 amide bonds. The SMILES string of the molecule is CCC/C(F)=C(\F)c1ccc(-c2cc(CC)ccc2C(=O)O)cc1. The Morgan fingerprint density at radius 1 is 1.04 bits per heavy atom. The number of aryl methyl sites for hydroxylation is 1. The summed E-state index contributed by atoms with van der Waals surface area (Å²) in [6, 6.07) is 11.4. The summed E-state index contributed by atoms with van der Waals surface area (Å²) in [7, 11) is 0. The average Bonchev–Trinajstić information content (AvgIpc) is 2.60. The summed E-state index contributed by atoms with van der Waals surface area (Å²) in [6.07, 6.45) is 1.38. The molecule has 0 bridgehead atoms. The van der Waals surface area contributed by atoms with Gasteiger partial charge in [-0.3, -0.25) is 0 Å². The van der Waals surface area contributed by atoms with Crippen molar-refractivity contribution in [2.24, 2.45) is 0 Å². The fraction of sp³-hybridized carbons (Fsp3) is 0.250. The third-order valence-corrected chi connectivity index (χ3v) is 3.88. The van der Waals surface area contributed by atoms with Crippen molar-refractivity contribution in [1.82, 2.24) is 0 Å². The molecular formula is C20H20F2O2. The van der Waals surface area contributed by atoms with Gasteiger partial charge in [-0.15, -0.1) is 0 Å². The van der Waals surface area contributed by atoms with E-state index in [2.05, 4.69) is 0 Å². The zero-order valence-electron chi connectivity index (χ0n) is 13.8. The summed E-state index contributed by atoms with van der Waals surface area (Å²) in [4.78, 5) is 11.4. The summed E-state index contributed by atoms with van der Waals surface area (Å²) in [6.45, 7) is 3.77. The van der Waals surface area contributed by atoms with Crippen molar-refractivity contribution in [2.45, 2.75) is 33.1 Å². The van der Waals surface area contributed by atoms with Gasteiger partial charge >= 0.3 is 5.97 Å². The van der Waals surface area contributed by atoms with E-state index in [9.17, 15) is 18.7 Å². The van der Waals surface area contributed by atoms with Crippen molar-refractivity contribution >= 4 is 11.8 Å². The van der Waals surface area contributed by atoms with E-state index < -0.39 is 17.6 Å². The predicted octanol–water partition coefficient (Wildman–Crippen LogP) is 6.02. The zero-order valence-corrected chi connectivity index (χ0v) is 13.8. The van der Waals surface area contributed by atoms with E-state index >= 15 is 0 Å². The molecule has 1 N–H and O–H groups in total. The second-order valence-corrected chi connectivity index (χ2v) is 5.58. The number of hydrogen-bond donors (Lipinski definition) is 1. The lowest BCUT2D eigenvalue weighted by Crippen LogP contribution is -2.00. The lowest BCUT2D eigenvalue weighted by atomic mass is 9.95. The normalized spacial score (nSPS) is 12.0. The Hall–Kier alpha value is -2.49. The van der Waals surface area contributed by atoms with Crippen molar-refractivity contribution in [2.75, 3.05) is 0 Å². The minimum Gasteiger partial charge on any atom is -0.478 e. The van der Waals surface area contributed by atoms with E-state index in [-0.39, 0.29) is 17.5 Å². The lowest BCUT2D eigenvalue weighted by molar-refractivity contribution is 0.0697. The average molecular weight is 330 g/mol. The van der Waals surface area contributed by atoms with Crippen molar-refractivity contribution in [3.8, 4) is 11.1 Å². The molecule has 2 rings (SSSR count). The van der Waals surface area contributed by atoms with Crippen molar-refractivity contribution < 1.29 is 18.7 Å². The Balaban J connectivity index is 2.45. The molecule has 2 aromatic rings. The predicted molar refractivity (Wildman–Crippen MR) is 92.3 cm³/mol. The molecule has 0 saturated heterocycles. The minimum absolute atomic E-state index is 0.0648. The van der Waals surface area contributed by atoms with Gasteiger partial charge in [0.15, 0.2) is 5.83 Å². The molecule has 24 heavy (non-hydrogen) atoms. The molecule has 4 heteroatoms. The third kappa shape index (κ3) is 3.88. The maximum atomic E-state index is 14.0. The largest absolute Gasteiger partial charge is 0.478 e. The summed E-state index contributed by atoms with van der Waals surface area (Å²) in [5, 5.41) is 9.35. The Bertz CT molecular complexity index is 762. The smallest absolute Gasteiger partial charge is 0.336 e. The number of carboxylic acid groups (broad SMARTS) is 1. The first-order valence-electron chi connectivity index (χ1n) is 7.99. The van der Waals surface area contributed by atoms with Gasteiger partial charge in [0.25, 0.3) is 0 Å². The molecule has 0 spiro atoms. The molecule has 126 valence electrons. The fourth-order valence-electron chi connectivity index (χ4n) is 2.52. The molecule has 0 unspecified atom stereocenters. The first kappa shape index (κ1) is 17.9. The second kappa shape index (κ2) is 7.86. The number of carbonyl (C=O) groups is 1. The van der Waals surface area contributed by atoms with Crippen molar-refractivity contribution in [3.63, 3.8) is 0 Å². The first-order valence-corrected chi connectivity index (χ1v) is 7.99. The maximum absolute atomic E-state index is 14.0. The molecule has 0 aliphatic rings. The highest BCUT2D eigenvalue weighted by Gasteiger charge is 2.13. The molecule has 0 atom stereocenters. The fourth-order valence-corrected chi connectivity index (χ4v) is 2.52. The summed E-state index contributed by atoms with van der Waals surface area (Å²) in [5.41, 5.74) is 2.60. The lowest BCUT2D eigenvalue weighted by Gasteiger charge is -2.10. The highest BCUT2D eigenvalue weighted by Crippen LogP contribution is 2.29. The highest BCUT2D eigenvalue weighted by molar-refractivity contribution is 5.96. The molecule has 0 radical (unpaired) electrons.